The minimum absolute atomic E-state index is 0.00307. The van der Waals surface area contributed by atoms with Gasteiger partial charge < -0.3 is 20.6 Å². The van der Waals surface area contributed by atoms with Gasteiger partial charge in [-0.2, -0.15) is 0 Å². The minimum atomic E-state index is -1.23. The highest BCUT2D eigenvalue weighted by Gasteiger charge is 2.21. The van der Waals surface area contributed by atoms with Crippen molar-refractivity contribution in [1.29, 1.82) is 0 Å². The summed E-state index contributed by atoms with van der Waals surface area (Å²) >= 11 is 0. The molecule has 0 bridgehead atoms. The Morgan fingerprint density at radius 2 is 1.94 bits per heavy atom. The summed E-state index contributed by atoms with van der Waals surface area (Å²) in [6.07, 6.45) is -0.0886. The fourth-order valence-corrected chi connectivity index (χ4v) is 1.29. The van der Waals surface area contributed by atoms with E-state index in [9.17, 15) is 14.7 Å². The molecule has 1 atom stereocenters. The van der Waals surface area contributed by atoms with Crippen molar-refractivity contribution in [2.24, 2.45) is 0 Å². The molecular formula is C11H13NO5. The van der Waals surface area contributed by atoms with Crippen LogP contribution in [0.5, 0.6) is 5.75 Å². The van der Waals surface area contributed by atoms with Gasteiger partial charge in [-0.3, -0.25) is 4.79 Å². The number of amides is 1. The lowest BCUT2D eigenvalue weighted by molar-refractivity contribution is -0.139. The molecule has 0 saturated heterocycles. The molecule has 0 saturated carbocycles. The van der Waals surface area contributed by atoms with Gasteiger partial charge in [0.15, 0.2) is 0 Å². The van der Waals surface area contributed by atoms with Crippen LogP contribution in [0.15, 0.2) is 24.3 Å². The summed E-state index contributed by atoms with van der Waals surface area (Å²) in [4.78, 5) is 22.4. The number of hydrogen-bond acceptors (Lipinski definition) is 4. The fraction of sp³-hybridized carbons (Fsp3) is 0.273. The molecule has 1 amide bonds. The number of carbonyl (C=O) groups is 2. The number of carbonyl (C=O) groups excluding carboxylic acids is 1. The molecule has 92 valence electrons. The van der Waals surface area contributed by atoms with Crippen LogP contribution in [0.3, 0.4) is 0 Å². The monoisotopic (exact) mass is 239 g/mol. The molecule has 0 heterocycles. The number of carboxylic acid groups (broad SMARTS) is 1. The van der Waals surface area contributed by atoms with Crippen molar-refractivity contribution in [3.63, 3.8) is 0 Å². The smallest absolute Gasteiger partial charge is 0.326 e. The summed E-state index contributed by atoms with van der Waals surface area (Å²) in [5.41, 5.74) is -0.00307. The first-order valence-corrected chi connectivity index (χ1v) is 4.98. The highest BCUT2D eigenvalue weighted by Crippen LogP contribution is 2.15. The second kappa shape index (κ2) is 5.86. The number of nitrogens with one attached hydrogen (secondary N) is 1. The number of rotatable bonds is 5. The quantitative estimate of drug-likeness (QED) is 0.576. The summed E-state index contributed by atoms with van der Waals surface area (Å²) in [7, 11) is 0. The van der Waals surface area contributed by atoms with Crippen molar-refractivity contribution >= 4 is 11.9 Å². The van der Waals surface area contributed by atoms with E-state index in [1.807, 2.05) is 0 Å². The molecule has 0 aliphatic carbocycles. The summed E-state index contributed by atoms with van der Waals surface area (Å²) in [6, 6.07) is 4.64. The Balaban J connectivity index is 2.77. The molecule has 0 fully saturated rings. The lowest BCUT2D eigenvalue weighted by atomic mass is 10.1. The van der Waals surface area contributed by atoms with Crippen LogP contribution in [0.4, 0.5) is 0 Å². The molecule has 6 nitrogen and oxygen atoms in total. The van der Waals surface area contributed by atoms with Gasteiger partial charge in [0.2, 0.25) is 0 Å². The molecular weight excluding hydrogens is 226 g/mol. The Kier molecular flexibility index (Phi) is 4.47. The first-order valence-electron chi connectivity index (χ1n) is 4.98. The van der Waals surface area contributed by atoms with Crippen molar-refractivity contribution in [3.8, 4) is 5.75 Å². The van der Waals surface area contributed by atoms with Crippen molar-refractivity contribution in [2.75, 3.05) is 6.61 Å². The van der Waals surface area contributed by atoms with Gasteiger partial charge in [-0.1, -0.05) is 12.1 Å². The molecule has 0 spiro atoms. The Hall–Kier alpha value is -2.08. The van der Waals surface area contributed by atoms with Crippen molar-refractivity contribution in [3.05, 3.63) is 29.8 Å². The van der Waals surface area contributed by atoms with Crippen molar-refractivity contribution in [2.45, 2.75) is 12.5 Å². The number of hydrogen-bond donors (Lipinski definition) is 4. The third-order valence-corrected chi connectivity index (χ3v) is 2.17. The average Bonchev–Trinajstić information content (AvgIpc) is 2.28. The van der Waals surface area contributed by atoms with E-state index >= 15 is 0 Å². The topological polar surface area (TPSA) is 107 Å². The number of phenolic OH excluding ortho intramolecular Hbond substituents is 1. The maximum absolute atomic E-state index is 11.6. The van der Waals surface area contributed by atoms with Crippen LogP contribution in [-0.4, -0.2) is 39.8 Å². The van der Waals surface area contributed by atoms with E-state index in [1.54, 1.807) is 12.1 Å². The molecule has 0 unspecified atom stereocenters. The van der Waals surface area contributed by atoms with Crippen LogP contribution in [-0.2, 0) is 4.79 Å². The molecule has 1 aromatic carbocycles. The Morgan fingerprint density at radius 3 is 2.47 bits per heavy atom. The van der Waals surface area contributed by atoms with Gasteiger partial charge in [-0.05, 0) is 12.1 Å². The van der Waals surface area contributed by atoms with Crippen LogP contribution >= 0.6 is 0 Å². The van der Waals surface area contributed by atoms with E-state index in [1.165, 1.54) is 12.1 Å². The van der Waals surface area contributed by atoms with Gasteiger partial charge in [0.05, 0.1) is 5.56 Å². The van der Waals surface area contributed by atoms with Gasteiger partial charge >= 0.3 is 5.97 Å². The van der Waals surface area contributed by atoms with E-state index in [2.05, 4.69) is 5.32 Å². The number of aromatic hydroxyl groups is 1. The zero-order valence-corrected chi connectivity index (χ0v) is 8.96. The number of phenols is 1. The van der Waals surface area contributed by atoms with Gasteiger partial charge in [0.1, 0.15) is 11.8 Å². The highest BCUT2D eigenvalue weighted by atomic mass is 16.4. The minimum Gasteiger partial charge on any atom is -0.507 e. The molecule has 0 aliphatic heterocycles. The first-order chi connectivity index (χ1) is 8.06. The number of benzene rings is 1. The summed E-state index contributed by atoms with van der Waals surface area (Å²) in [5.74, 6) is -2.15. The largest absolute Gasteiger partial charge is 0.507 e. The molecule has 6 heteroatoms. The van der Waals surface area contributed by atoms with E-state index < -0.39 is 17.9 Å². The van der Waals surface area contributed by atoms with E-state index in [0.717, 1.165) is 0 Å². The number of para-hydroxylation sites is 1. The molecule has 0 aromatic heterocycles. The highest BCUT2D eigenvalue weighted by molar-refractivity contribution is 5.98. The molecule has 1 rings (SSSR count). The SMILES string of the molecule is O=C(N[C@H](CCO)C(=O)O)c1ccccc1O. The van der Waals surface area contributed by atoms with E-state index in [0.29, 0.717) is 0 Å². The molecule has 4 N–H and O–H groups in total. The van der Waals surface area contributed by atoms with E-state index in [4.69, 9.17) is 10.2 Å². The first kappa shape index (κ1) is 13.0. The van der Waals surface area contributed by atoms with Crippen LogP contribution in [0.2, 0.25) is 0 Å². The fourth-order valence-electron chi connectivity index (χ4n) is 1.29. The maximum Gasteiger partial charge on any atom is 0.326 e. The standard InChI is InChI=1S/C11H13NO5/c13-6-5-8(11(16)17)12-10(15)7-3-1-2-4-9(7)14/h1-4,8,13-14H,5-6H2,(H,12,15)(H,16,17)/t8-/m1/s1. The van der Waals surface area contributed by atoms with E-state index in [-0.39, 0.29) is 24.3 Å². The second-order valence-corrected chi connectivity index (χ2v) is 3.39. The van der Waals surface area contributed by atoms with Crippen molar-refractivity contribution < 1.29 is 24.9 Å². The summed E-state index contributed by atoms with van der Waals surface area (Å²) in [6.45, 7) is -0.349. The zero-order chi connectivity index (χ0) is 12.8. The Morgan fingerprint density at radius 1 is 1.29 bits per heavy atom. The molecule has 0 aliphatic rings. The number of aliphatic carboxylic acids is 1. The van der Waals surface area contributed by atoms with Crippen LogP contribution in [0.1, 0.15) is 16.8 Å². The zero-order valence-electron chi connectivity index (χ0n) is 8.96. The number of aliphatic hydroxyl groups excluding tert-OH is 1. The maximum atomic E-state index is 11.6. The molecule has 0 radical (unpaired) electrons. The molecule has 17 heavy (non-hydrogen) atoms. The number of carboxylic acids is 1. The lowest BCUT2D eigenvalue weighted by Crippen LogP contribution is -2.41. The molecule has 1 aromatic rings. The van der Waals surface area contributed by atoms with Gasteiger partial charge in [0.25, 0.3) is 5.91 Å². The third-order valence-electron chi connectivity index (χ3n) is 2.17. The Bertz CT molecular complexity index is 418. The third kappa shape index (κ3) is 3.46. The van der Waals surface area contributed by atoms with Gasteiger partial charge in [-0.15, -0.1) is 0 Å². The van der Waals surface area contributed by atoms with Crippen LogP contribution < -0.4 is 5.32 Å². The lowest BCUT2D eigenvalue weighted by Gasteiger charge is -2.13. The Labute approximate surface area is 97.5 Å². The second-order valence-electron chi connectivity index (χ2n) is 3.39. The van der Waals surface area contributed by atoms with Gasteiger partial charge in [-0.25, -0.2) is 4.79 Å². The van der Waals surface area contributed by atoms with Crippen LogP contribution in [0.25, 0.3) is 0 Å². The van der Waals surface area contributed by atoms with Crippen LogP contribution in [0, 0.1) is 0 Å². The predicted octanol–water partition coefficient (Wildman–Crippen LogP) is -0.0424. The van der Waals surface area contributed by atoms with Crippen molar-refractivity contribution in [1.82, 2.24) is 5.32 Å². The summed E-state index contributed by atoms with van der Waals surface area (Å²) < 4.78 is 0. The predicted molar refractivity (Wildman–Crippen MR) is 58.7 cm³/mol. The average molecular weight is 239 g/mol. The van der Waals surface area contributed by atoms with Gasteiger partial charge in [0, 0.05) is 13.0 Å². The summed E-state index contributed by atoms with van der Waals surface area (Å²) in [5, 5.41) is 29.1. The normalized spacial score (nSPS) is 11.8. The number of aliphatic hydroxyl groups is 1.